The molecule has 0 saturated carbocycles. The highest BCUT2D eigenvalue weighted by Crippen LogP contribution is 2.26. The van der Waals surface area contributed by atoms with E-state index in [1.54, 1.807) is 0 Å². The number of aromatic carboxylic acids is 2. The molecule has 0 aromatic heterocycles. The van der Waals surface area contributed by atoms with Gasteiger partial charge in [0, 0.05) is 5.56 Å². The largest absolute Gasteiger partial charge is 0.478 e. The third kappa shape index (κ3) is 3.40. The molecule has 0 fully saturated rings. The van der Waals surface area contributed by atoms with Crippen molar-refractivity contribution in [2.75, 3.05) is 0 Å². The molecule has 4 heteroatoms. The molecular weight excluding hydrogens is 268 g/mol. The van der Waals surface area contributed by atoms with Gasteiger partial charge in [0.2, 0.25) is 0 Å². The lowest BCUT2D eigenvalue weighted by Gasteiger charge is -2.18. The van der Waals surface area contributed by atoms with Crippen LogP contribution in [0.3, 0.4) is 0 Å². The van der Waals surface area contributed by atoms with Crippen molar-refractivity contribution < 1.29 is 19.8 Å². The summed E-state index contributed by atoms with van der Waals surface area (Å²) in [5, 5.41) is 18.0. The molecule has 1 unspecified atom stereocenters. The molecule has 0 bridgehead atoms. The Morgan fingerprint density at radius 1 is 1.14 bits per heavy atom. The molecule has 106 valence electrons. The lowest BCUT2D eigenvalue weighted by atomic mass is 9.84. The zero-order chi connectivity index (χ0) is 15.5. The Bertz CT molecular complexity index is 716. The third-order valence-electron chi connectivity index (χ3n) is 3.23. The first kappa shape index (κ1) is 14.6. The summed E-state index contributed by atoms with van der Waals surface area (Å²) < 4.78 is 0. The molecule has 4 nitrogen and oxygen atoms in total. The van der Waals surface area contributed by atoms with E-state index in [2.05, 4.69) is 11.8 Å². The first-order valence-corrected chi connectivity index (χ1v) is 6.39. The minimum atomic E-state index is -1.28. The first-order valence-electron chi connectivity index (χ1n) is 6.39. The molecular formula is C17H14O4. The lowest BCUT2D eigenvalue weighted by molar-refractivity contribution is 0.0651. The second-order valence-corrected chi connectivity index (χ2v) is 5.03. The predicted octanol–water partition coefficient (Wildman–Crippen LogP) is 2.96. The molecule has 0 saturated heterocycles. The Morgan fingerprint density at radius 3 is 2.43 bits per heavy atom. The summed E-state index contributed by atoms with van der Waals surface area (Å²) in [6.07, 6.45) is 8.67. The van der Waals surface area contributed by atoms with Gasteiger partial charge < -0.3 is 10.2 Å². The average molecular weight is 282 g/mol. The van der Waals surface area contributed by atoms with Gasteiger partial charge in [-0.1, -0.05) is 36.1 Å². The highest BCUT2D eigenvalue weighted by molar-refractivity contribution is 6.01. The van der Waals surface area contributed by atoms with Crippen molar-refractivity contribution in [3.8, 4) is 11.8 Å². The molecule has 1 aromatic carbocycles. The van der Waals surface area contributed by atoms with Gasteiger partial charge in [-0.25, -0.2) is 9.59 Å². The predicted molar refractivity (Wildman–Crippen MR) is 78.2 cm³/mol. The smallest absolute Gasteiger partial charge is 0.336 e. The quantitative estimate of drug-likeness (QED) is 0.818. The van der Waals surface area contributed by atoms with Crippen LogP contribution in [-0.4, -0.2) is 22.2 Å². The van der Waals surface area contributed by atoms with Crippen molar-refractivity contribution in [1.82, 2.24) is 0 Å². The number of allylic oxidation sites excluding steroid dienone is 4. The van der Waals surface area contributed by atoms with Gasteiger partial charge in [0.15, 0.2) is 0 Å². The van der Waals surface area contributed by atoms with E-state index in [0.717, 1.165) is 6.42 Å². The molecule has 0 spiro atoms. The van der Waals surface area contributed by atoms with Crippen molar-refractivity contribution in [2.45, 2.75) is 13.3 Å². The maximum absolute atomic E-state index is 11.1. The van der Waals surface area contributed by atoms with Crippen LogP contribution in [0.2, 0.25) is 0 Å². The third-order valence-corrected chi connectivity index (χ3v) is 3.23. The van der Waals surface area contributed by atoms with E-state index >= 15 is 0 Å². The van der Waals surface area contributed by atoms with Gasteiger partial charge in [0.05, 0.1) is 16.5 Å². The summed E-state index contributed by atoms with van der Waals surface area (Å²) in [5.41, 5.74) is -0.288. The number of carboxylic acid groups (broad SMARTS) is 2. The maximum atomic E-state index is 11.1. The van der Waals surface area contributed by atoms with Crippen LogP contribution >= 0.6 is 0 Å². The van der Waals surface area contributed by atoms with Crippen molar-refractivity contribution >= 4 is 11.9 Å². The molecule has 1 aliphatic carbocycles. The Hall–Kier alpha value is -2.80. The number of hydrogen-bond acceptors (Lipinski definition) is 2. The molecule has 1 aliphatic rings. The normalized spacial score (nSPS) is 19.7. The molecule has 0 heterocycles. The van der Waals surface area contributed by atoms with E-state index in [0.29, 0.717) is 5.56 Å². The van der Waals surface area contributed by atoms with E-state index in [9.17, 15) is 9.59 Å². The minimum absolute atomic E-state index is 0.236. The summed E-state index contributed by atoms with van der Waals surface area (Å²) in [4.78, 5) is 22.1. The summed E-state index contributed by atoms with van der Waals surface area (Å²) in [7, 11) is 0. The summed E-state index contributed by atoms with van der Waals surface area (Å²) >= 11 is 0. The molecule has 0 radical (unpaired) electrons. The fourth-order valence-corrected chi connectivity index (χ4v) is 2.02. The van der Waals surface area contributed by atoms with E-state index in [4.69, 9.17) is 10.2 Å². The van der Waals surface area contributed by atoms with Crippen molar-refractivity contribution in [3.63, 3.8) is 0 Å². The summed E-state index contributed by atoms with van der Waals surface area (Å²) in [6.45, 7) is 1.99. The zero-order valence-corrected chi connectivity index (χ0v) is 11.5. The van der Waals surface area contributed by atoms with Crippen LogP contribution in [0.4, 0.5) is 0 Å². The molecule has 0 amide bonds. The lowest BCUT2D eigenvalue weighted by Crippen LogP contribution is -2.11. The Labute approximate surface area is 122 Å². The summed E-state index contributed by atoms with van der Waals surface area (Å²) in [6, 6.07) is 4.09. The van der Waals surface area contributed by atoms with Crippen LogP contribution in [-0.2, 0) is 0 Å². The Kier molecular flexibility index (Phi) is 3.95. The Balaban J connectivity index is 2.37. The van der Waals surface area contributed by atoms with Gasteiger partial charge in [0.1, 0.15) is 0 Å². The minimum Gasteiger partial charge on any atom is -0.478 e. The van der Waals surface area contributed by atoms with Gasteiger partial charge >= 0.3 is 11.9 Å². The van der Waals surface area contributed by atoms with Gasteiger partial charge in [0.25, 0.3) is 0 Å². The van der Waals surface area contributed by atoms with Crippen LogP contribution in [0.5, 0.6) is 0 Å². The van der Waals surface area contributed by atoms with E-state index < -0.39 is 11.9 Å². The highest BCUT2D eigenvalue weighted by Gasteiger charge is 2.18. The van der Waals surface area contributed by atoms with Gasteiger partial charge in [-0.2, -0.15) is 0 Å². The first-order chi connectivity index (χ1) is 9.91. The molecule has 2 N–H and O–H groups in total. The van der Waals surface area contributed by atoms with E-state index in [1.807, 2.05) is 31.2 Å². The topological polar surface area (TPSA) is 74.6 Å². The maximum Gasteiger partial charge on any atom is 0.336 e. The van der Waals surface area contributed by atoms with Crippen molar-refractivity contribution in [1.29, 1.82) is 0 Å². The number of carbonyl (C=O) groups is 2. The van der Waals surface area contributed by atoms with Gasteiger partial charge in [-0.3, -0.25) is 0 Å². The Morgan fingerprint density at radius 2 is 1.86 bits per heavy atom. The molecule has 1 aromatic rings. The number of benzene rings is 1. The number of carboxylic acids is 2. The molecule has 1 atom stereocenters. The zero-order valence-electron chi connectivity index (χ0n) is 11.5. The van der Waals surface area contributed by atoms with Gasteiger partial charge in [-0.15, -0.1) is 0 Å². The molecule has 2 rings (SSSR count). The molecule has 0 aliphatic heterocycles. The van der Waals surface area contributed by atoms with Crippen molar-refractivity contribution in [2.24, 2.45) is 5.41 Å². The fourth-order valence-electron chi connectivity index (χ4n) is 2.02. The second kappa shape index (κ2) is 5.68. The SMILES string of the molecule is CC1(C#Cc2ccc(C(=O)O)c(C(=O)O)c2)C=CC=CC1. The second-order valence-electron chi connectivity index (χ2n) is 5.03. The standard InChI is InChI=1S/C17H14O4/c1-17(8-3-2-4-9-17)10-7-12-5-6-13(15(18)19)14(11-12)16(20)21/h2-6,8,11H,9H2,1H3,(H,18,19)(H,20,21). The number of hydrogen-bond donors (Lipinski definition) is 2. The van der Waals surface area contributed by atoms with Crippen molar-refractivity contribution in [3.05, 3.63) is 59.2 Å². The number of rotatable bonds is 2. The fraction of sp³-hybridized carbons (Fsp3) is 0.176. The monoisotopic (exact) mass is 282 g/mol. The van der Waals surface area contributed by atoms with Crippen LogP contribution in [0, 0.1) is 17.3 Å². The molecule has 21 heavy (non-hydrogen) atoms. The van der Waals surface area contributed by atoms with Crippen LogP contribution < -0.4 is 0 Å². The highest BCUT2D eigenvalue weighted by atomic mass is 16.4. The van der Waals surface area contributed by atoms with Crippen LogP contribution in [0.15, 0.2) is 42.5 Å². The average Bonchev–Trinajstić information content (AvgIpc) is 2.45. The van der Waals surface area contributed by atoms with Crippen LogP contribution in [0.1, 0.15) is 39.6 Å². The van der Waals surface area contributed by atoms with Gasteiger partial charge in [-0.05, 0) is 31.5 Å². The van der Waals surface area contributed by atoms with E-state index in [-0.39, 0.29) is 16.5 Å². The summed E-state index contributed by atoms with van der Waals surface area (Å²) in [5.74, 6) is 3.49. The van der Waals surface area contributed by atoms with E-state index in [1.165, 1.54) is 18.2 Å². The van der Waals surface area contributed by atoms with Crippen LogP contribution in [0.25, 0.3) is 0 Å².